The van der Waals surface area contributed by atoms with Crippen LogP contribution in [0.1, 0.15) is 0 Å². The summed E-state index contributed by atoms with van der Waals surface area (Å²) in [7, 11) is -13.1. The highest BCUT2D eigenvalue weighted by atomic mass is 32.2. The summed E-state index contributed by atoms with van der Waals surface area (Å²) in [6, 6.07) is 22.7. The molecule has 0 saturated heterocycles. The van der Waals surface area contributed by atoms with Crippen molar-refractivity contribution in [3.05, 3.63) is 103 Å². The second kappa shape index (κ2) is 21.3. The smallest absolute Gasteiger partial charge is 0.296 e. The van der Waals surface area contributed by atoms with Gasteiger partial charge in [-0.1, -0.05) is 10.1 Å². The van der Waals surface area contributed by atoms with E-state index in [0.29, 0.717) is 34.8 Å². The summed E-state index contributed by atoms with van der Waals surface area (Å²) < 4.78 is 103. The molecule has 0 fully saturated rings. The zero-order valence-electron chi connectivity index (χ0n) is 33.0. The molecule has 0 radical (unpaired) electrons. The van der Waals surface area contributed by atoms with Crippen LogP contribution in [-0.2, 0) is 52.9 Å². The molecule has 0 aliphatic carbocycles. The third kappa shape index (κ3) is 12.3. The molecular weight excluding hydrogens is 973 g/mol. The number of nitrogen functional groups attached to an aromatic ring is 3. The largest absolute Gasteiger partial charge is 0.505 e. The Kier molecular flexibility index (Phi) is 15.8. The van der Waals surface area contributed by atoms with Gasteiger partial charge in [0.2, 0.25) is 0 Å². The van der Waals surface area contributed by atoms with E-state index in [0.717, 1.165) is 6.07 Å². The Morgan fingerprint density at radius 3 is 1.82 bits per heavy atom. The first-order valence-electron chi connectivity index (χ1n) is 17.9. The minimum absolute atomic E-state index is 0.00621. The van der Waals surface area contributed by atoms with E-state index in [1.807, 2.05) is 0 Å². The molecule has 25 nitrogen and oxygen atoms in total. The summed E-state index contributed by atoms with van der Waals surface area (Å²) in [4.78, 5) is -1.29. The van der Waals surface area contributed by atoms with Crippen LogP contribution in [0.3, 0.4) is 0 Å². The van der Waals surface area contributed by atoms with Crippen LogP contribution in [0, 0.1) is 0 Å². The average Bonchev–Trinajstić information content (AvgIpc) is 3.27. The van der Waals surface area contributed by atoms with Gasteiger partial charge in [-0.25, -0.2) is 27.4 Å². The molecule has 0 spiro atoms. The molecular formula is C36H32N10O15S5. The Morgan fingerprint density at radius 1 is 0.652 bits per heavy atom. The van der Waals surface area contributed by atoms with Crippen LogP contribution in [0.25, 0.3) is 10.8 Å². The maximum Gasteiger partial charge on any atom is 0.296 e. The predicted octanol–water partition coefficient (Wildman–Crippen LogP) is 8.79. The number of sulfone groups is 1. The van der Waals surface area contributed by atoms with Gasteiger partial charge in [-0.05, 0) is 109 Å². The van der Waals surface area contributed by atoms with E-state index < -0.39 is 57.8 Å². The van der Waals surface area contributed by atoms with Crippen molar-refractivity contribution >= 4 is 122 Å². The third-order valence-electron chi connectivity index (χ3n) is 8.61. The Morgan fingerprint density at radius 2 is 1.23 bits per heavy atom. The van der Waals surface area contributed by atoms with Crippen molar-refractivity contribution in [2.45, 2.75) is 19.6 Å². The molecule has 0 aliphatic rings. The number of hydrogen-bond acceptors (Lipinski definition) is 25. The van der Waals surface area contributed by atoms with Crippen molar-refractivity contribution in [1.82, 2.24) is 0 Å². The molecule has 0 saturated carbocycles. The Labute approximate surface area is 382 Å². The summed E-state index contributed by atoms with van der Waals surface area (Å²) in [5.74, 6) is -1.20. The van der Waals surface area contributed by atoms with E-state index in [2.05, 4.69) is 54.2 Å². The average molecular weight is 1010 g/mol. The number of fused-ring (bicyclic) bond motifs is 1. The summed E-state index contributed by atoms with van der Waals surface area (Å²) in [6.07, 6.45) is 0. The number of phenolic OH excluding ortho intramolecular Hbond substituents is 1. The fourth-order valence-electron chi connectivity index (χ4n) is 5.56. The SMILES string of the molecule is Nc1ccc(/N=N/c2ccc(NS(=O)(=O)c3ccc(/N=N/c4c(S(=O)(=O)O)cc5cc(SOOO)c(/N=N/c6ccc(S(=O)(=O)CCOSOOO)cc6)c(O)c5c4N)cc3)cc2)c(N)c1. The summed E-state index contributed by atoms with van der Waals surface area (Å²) in [5, 5.41) is 59.2. The number of benzene rings is 6. The minimum Gasteiger partial charge on any atom is -0.505 e. The molecule has 0 aliphatic heterocycles. The summed E-state index contributed by atoms with van der Waals surface area (Å²) in [5.41, 5.74) is 18.3. The number of aromatic hydroxyl groups is 1. The molecule has 0 heterocycles. The zero-order chi connectivity index (χ0) is 47.6. The maximum atomic E-state index is 13.2. The van der Waals surface area contributed by atoms with Gasteiger partial charge in [0, 0.05) is 11.4 Å². The Hall–Kier alpha value is -6.39. The highest BCUT2D eigenvalue weighted by Crippen LogP contribution is 2.49. The number of nitrogens with two attached hydrogens (primary N) is 3. The van der Waals surface area contributed by atoms with Gasteiger partial charge in [-0.2, -0.15) is 23.8 Å². The Balaban J connectivity index is 1.24. The highest BCUT2D eigenvalue weighted by molar-refractivity contribution is 7.94. The molecule has 30 heteroatoms. The maximum absolute atomic E-state index is 13.2. The van der Waals surface area contributed by atoms with Crippen LogP contribution in [0.2, 0.25) is 0 Å². The van der Waals surface area contributed by atoms with Crippen LogP contribution in [-0.4, -0.2) is 57.8 Å². The standard InChI is InChI=1S/C36H32N10O15S5/c37-21-1-14-29(28(38)19-21)43-40-22-2-4-25(5-3-22)46-65(52,53)27-12-8-24(9-13-27)42-45-35-31(66(54,55)56)18-20-17-30(62-60-58-48)34(36(47)32(20)33(35)39)44-41-23-6-10-26(11-7-23)64(50,51)16-15-57-63-61-59-49/h1-14,17-19,46-49H,15-16,37-39H2,(H,54,55,56)/b43-40+,44-41+,45-42+. The van der Waals surface area contributed by atoms with E-state index in [4.69, 9.17) is 31.9 Å². The quantitative estimate of drug-likeness (QED) is 0.00673. The van der Waals surface area contributed by atoms with Crippen LogP contribution < -0.4 is 21.9 Å². The molecule has 0 atom stereocenters. The molecule has 0 aromatic heterocycles. The topological polar surface area (TPSA) is 394 Å². The Bertz CT molecular complexity index is 3170. The second-order valence-corrected chi connectivity index (χ2v) is 19.3. The first-order chi connectivity index (χ1) is 31.4. The fraction of sp³-hybridized carbons (Fsp3) is 0.0556. The van der Waals surface area contributed by atoms with Crippen LogP contribution in [0.4, 0.5) is 56.9 Å². The fourth-order valence-corrected chi connectivity index (χ4v) is 9.20. The number of nitrogens with one attached hydrogen (secondary N) is 1. The van der Waals surface area contributed by atoms with Gasteiger partial charge in [0.1, 0.15) is 22.0 Å². The number of nitrogens with zero attached hydrogens (tertiary/aromatic N) is 6. The summed E-state index contributed by atoms with van der Waals surface area (Å²) >= 11 is 0.513. The molecule has 346 valence electrons. The first-order valence-corrected chi connectivity index (χ1v) is 23.9. The van der Waals surface area contributed by atoms with Crippen LogP contribution in [0.5, 0.6) is 5.75 Å². The zero-order valence-corrected chi connectivity index (χ0v) is 37.0. The lowest BCUT2D eigenvalue weighted by Crippen LogP contribution is -2.12. The van der Waals surface area contributed by atoms with Gasteiger partial charge < -0.3 is 22.3 Å². The molecule has 0 bridgehead atoms. The van der Waals surface area contributed by atoms with E-state index in [-0.39, 0.29) is 67.1 Å². The predicted molar refractivity (Wildman–Crippen MR) is 239 cm³/mol. The van der Waals surface area contributed by atoms with Crippen LogP contribution >= 0.6 is 24.4 Å². The van der Waals surface area contributed by atoms with Gasteiger partial charge in [0.05, 0.1) is 72.9 Å². The van der Waals surface area contributed by atoms with Crippen LogP contribution in [0.15, 0.2) is 153 Å². The lowest BCUT2D eigenvalue weighted by Gasteiger charge is -2.14. The molecule has 0 amide bonds. The number of hydrogen-bond donors (Lipinski definition) is 8. The number of anilines is 4. The van der Waals surface area contributed by atoms with E-state index in [9.17, 15) is 34.9 Å². The molecule has 11 N–H and O–H groups in total. The number of sulfonamides is 1. The van der Waals surface area contributed by atoms with E-state index in [1.54, 1.807) is 12.1 Å². The molecule has 6 aromatic carbocycles. The lowest BCUT2D eigenvalue weighted by atomic mass is 10.1. The van der Waals surface area contributed by atoms with Crippen molar-refractivity contribution in [2.75, 3.05) is 34.3 Å². The number of phenols is 1. The second-order valence-electron chi connectivity index (χ2n) is 12.9. The van der Waals surface area contributed by atoms with Gasteiger partial charge in [0.15, 0.2) is 27.9 Å². The van der Waals surface area contributed by atoms with Crippen molar-refractivity contribution in [3.63, 3.8) is 0 Å². The van der Waals surface area contributed by atoms with Crippen molar-refractivity contribution in [2.24, 2.45) is 30.7 Å². The monoisotopic (exact) mass is 1000 g/mol. The highest BCUT2D eigenvalue weighted by Gasteiger charge is 2.26. The normalized spacial score (nSPS) is 12.5. The van der Waals surface area contributed by atoms with Gasteiger partial charge in [0.25, 0.3) is 20.1 Å². The first kappa shape index (κ1) is 49.1. The number of azo groups is 3. The van der Waals surface area contributed by atoms with E-state index in [1.165, 1.54) is 84.9 Å². The van der Waals surface area contributed by atoms with E-state index >= 15 is 0 Å². The van der Waals surface area contributed by atoms with Gasteiger partial charge in [-0.3, -0.25) is 13.5 Å². The van der Waals surface area contributed by atoms with Crippen molar-refractivity contribution in [3.8, 4) is 5.75 Å². The molecule has 6 rings (SSSR count). The van der Waals surface area contributed by atoms with Crippen molar-refractivity contribution in [1.29, 1.82) is 0 Å². The van der Waals surface area contributed by atoms with Gasteiger partial charge in [-0.15, -0.1) is 24.0 Å². The van der Waals surface area contributed by atoms with Crippen molar-refractivity contribution < 1.29 is 68.4 Å². The molecule has 0 unspecified atom stereocenters. The lowest BCUT2D eigenvalue weighted by molar-refractivity contribution is -0.434. The third-order valence-corrected chi connectivity index (χ3v) is 13.6. The van der Waals surface area contributed by atoms with Gasteiger partial charge >= 0.3 is 0 Å². The minimum atomic E-state index is -5.09. The summed E-state index contributed by atoms with van der Waals surface area (Å²) in [6.45, 7) is -0.326. The number of rotatable bonds is 20. The molecule has 66 heavy (non-hydrogen) atoms. The molecule has 6 aromatic rings.